The summed E-state index contributed by atoms with van der Waals surface area (Å²) in [6, 6.07) is 15.7. The van der Waals surface area contributed by atoms with Crippen LogP contribution in [0, 0.1) is 12.8 Å². The molecule has 2 aromatic carbocycles. The molecule has 1 amide bonds. The van der Waals surface area contributed by atoms with Crippen molar-refractivity contribution in [3.8, 4) is 5.69 Å². The first-order chi connectivity index (χ1) is 15.0. The van der Waals surface area contributed by atoms with E-state index in [-0.39, 0.29) is 5.91 Å². The summed E-state index contributed by atoms with van der Waals surface area (Å²) in [7, 11) is 0. The second-order valence-corrected chi connectivity index (χ2v) is 8.94. The highest BCUT2D eigenvalue weighted by atomic mass is 35.5. The molecular weight excluding hydrogens is 431 g/mol. The number of halogens is 2. The van der Waals surface area contributed by atoms with Gasteiger partial charge in [-0.25, -0.2) is 4.68 Å². The van der Waals surface area contributed by atoms with Gasteiger partial charge in [0.25, 0.3) is 0 Å². The number of carbonyl (C=O) groups is 1. The standard InChI is InChI=1S/C24H26Cl2N4O/c1-17-20(14-28-30(17)21-5-3-2-4-6-21)12-24(31)27-13-19-9-10-29(16-19)15-18-7-8-22(25)23(26)11-18/h2-8,11,14,19H,9-10,12-13,15-16H2,1H3,(H,27,31). The van der Waals surface area contributed by atoms with Gasteiger partial charge in [-0.2, -0.15) is 5.10 Å². The van der Waals surface area contributed by atoms with Gasteiger partial charge in [-0.15, -0.1) is 0 Å². The van der Waals surface area contributed by atoms with Gasteiger partial charge in [0.15, 0.2) is 0 Å². The lowest BCUT2D eigenvalue weighted by Gasteiger charge is -2.17. The van der Waals surface area contributed by atoms with Crippen LogP contribution in [-0.4, -0.2) is 40.2 Å². The summed E-state index contributed by atoms with van der Waals surface area (Å²) in [6.07, 6.45) is 3.21. The summed E-state index contributed by atoms with van der Waals surface area (Å²) in [5.74, 6) is 0.499. The quantitative estimate of drug-likeness (QED) is 0.561. The Labute approximate surface area is 193 Å². The topological polar surface area (TPSA) is 50.2 Å². The summed E-state index contributed by atoms with van der Waals surface area (Å²) in [4.78, 5) is 14.9. The zero-order chi connectivity index (χ0) is 21.8. The van der Waals surface area contributed by atoms with E-state index in [1.54, 1.807) is 6.20 Å². The largest absolute Gasteiger partial charge is 0.355 e. The van der Waals surface area contributed by atoms with Crippen LogP contribution in [0.4, 0.5) is 0 Å². The molecule has 1 atom stereocenters. The molecule has 5 nitrogen and oxygen atoms in total. The van der Waals surface area contributed by atoms with E-state index in [9.17, 15) is 4.79 Å². The highest BCUT2D eigenvalue weighted by molar-refractivity contribution is 6.42. The number of nitrogens with zero attached hydrogens (tertiary/aromatic N) is 3. The van der Waals surface area contributed by atoms with E-state index in [0.717, 1.165) is 48.6 Å². The van der Waals surface area contributed by atoms with Crippen molar-refractivity contribution >= 4 is 29.1 Å². The molecule has 3 aromatic rings. The molecular formula is C24H26Cl2N4O. The van der Waals surface area contributed by atoms with E-state index in [0.29, 0.717) is 28.9 Å². The monoisotopic (exact) mass is 456 g/mol. The van der Waals surface area contributed by atoms with Crippen molar-refractivity contribution in [2.24, 2.45) is 5.92 Å². The number of amides is 1. The zero-order valence-corrected chi connectivity index (χ0v) is 19.0. The van der Waals surface area contributed by atoms with Crippen LogP contribution in [-0.2, 0) is 17.8 Å². The van der Waals surface area contributed by atoms with Crippen LogP contribution in [0.15, 0.2) is 54.7 Å². The first kappa shape index (κ1) is 21.9. The highest BCUT2D eigenvalue weighted by Crippen LogP contribution is 2.25. The number of rotatable bonds is 7. The van der Waals surface area contributed by atoms with Crippen LogP contribution in [0.5, 0.6) is 0 Å². The van der Waals surface area contributed by atoms with Crippen LogP contribution < -0.4 is 5.32 Å². The molecule has 0 spiro atoms. The van der Waals surface area contributed by atoms with Crippen molar-refractivity contribution in [2.75, 3.05) is 19.6 Å². The summed E-state index contributed by atoms with van der Waals surface area (Å²) in [6.45, 7) is 5.53. The molecule has 4 rings (SSSR count). The maximum Gasteiger partial charge on any atom is 0.224 e. The maximum absolute atomic E-state index is 12.5. The summed E-state index contributed by atoms with van der Waals surface area (Å²) >= 11 is 12.1. The molecule has 1 fully saturated rings. The van der Waals surface area contributed by atoms with Crippen LogP contribution in [0.3, 0.4) is 0 Å². The van der Waals surface area contributed by atoms with Gasteiger partial charge in [0.05, 0.1) is 28.4 Å². The van der Waals surface area contributed by atoms with E-state index >= 15 is 0 Å². The maximum atomic E-state index is 12.5. The van der Waals surface area contributed by atoms with Crippen molar-refractivity contribution in [3.63, 3.8) is 0 Å². The van der Waals surface area contributed by atoms with Gasteiger partial charge in [0.2, 0.25) is 5.91 Å². The molecule has 31 heavy (non-hydrogen) atoms. The summed E-state index contributed by atoms with van der Waals surface area (Å²) < 4.78 is 1.88. The molecule has 2 heterocycles. The predicted molar refractivity (Wildman–Crippen MR) is 125 cm³/mol. The molecule has 0 saturated carbocycles. The Morgan fingerprint density at radius 1 is 1.16 bits per heavy atom. The number of nitrogens with one attached hydrogen (secondary N) is 1. The lowest BCUT2D eigenvalue weighted by atomic mass is 10.1. The molecule has 1 aromatic heterocycles. The van der Waals surface area contributed by atoms with Gasteiger partial charge >= 0.3 is 0 Å². The number of para-hydroxylation sites is 1. The molecule has 0 radical (unpaired) electrons. The Hall–Kier alpha value is -2.34. The van der Waals surface area contributed by atoms with Crippen LogP contribution in [0.2, 0.25) is 10.0 Å². The molecule has 1 unspecified atom stereocenters. The molecule has 1 aliphatic rings. The molecule has 1 N–H and O–H groups in total. The minimum Gasteiger partial charge on any atom is -0.355 e. The smallest absolute Gasteiger partial charge is 0.224 e. The number of likely N-dealkylation sites (tertiary alicyclic amines) is 1. The Balaban J connectivity index is 1.25. The predicted octanol–water partition coefficient (Wildman–Crippen LogP) is 4.67. The van der Waals surface area contributed by atoms with Crippen molar-refractivity contribution < 1.29 is 4.79 Å². The Kier molecular flexibility index (Phi) is 6.96. The van der Waals surface area contributed by atoms with E-state index in [1.165, 1.54) is 0 Å². The minimum atomic E-state index is 0.0404. The number of benzene rings is 2. The molecule has 162 valence electrons. The normalized spacial score (nSPS) is 16.5. The Bertz CT molecular complexity index is 1050. The van der Waals surface area contributed by atoms with Gasteiger partial charge in [-0.05, 0) is 55.6 Å². The van der Waals surface area contributed by atoms with Crippen LogP contribution in [0.1, 0.15) is 23.2 Å². The Morgan fingerprint density at radius 2 is 1.97 bits per heavy atom. The van der Waals surface area contributed by atoms with E-state index in [1.807, 2.05) is 60.1 Å². The number of hydrogen-bond donors (Lipinski definition) is 1. The minimum absolute atomic E-state index is 0.0404. The average Bonchev–Trinajstić information content (AvgIpc) is 3.36. The SMILES string of the molecule is Cc1c(CC(=O)NCC2CCN(Cc3ccc(Cl)c(Cl)c3)C2)cnn1-c1ccccc1. The van der Waals surface area contributed by atoms with Crippen molar-refractivity contribution in [1.82, 2.24) is 20.0 Å². The number of carbonyl (C=O) groups excluding carboxylic acids is 1. The Morgan fingerprint density at radius 3 is 2.74 bits per heavy atom. The highest BCUT2D eigenvalue weighted by Gasteiger charge is 2.23. The van der Waals surface area contributed by atoms with Gasteiger partial charge in [0.1, 0.15) is 0 Å². The van der Waals surface area contributed by atoms with Crippen LogP contribution >= 0.6 is 23.2 Å². The second-order valence-electron chi connectivity index (χ2n) is 8.12. The van der Waals surface area contributed by atoms with Gasteiger partial charge in [0, 0.05) is 30.9 Å². The molecule has 0 bridgehead atoms. The van der Waals surface area contributed by atoms with E-state index < -0.39 is 0 Å². The second kappa shape index (κ2) is 9.86. The molecule has 7 heteroatoms. The van der Waals surface area contributed by atoms with Crippen molar-refractivity contribution in [2.45, 2.75) is 26.3 Å². The first-order valence-corrected chi connectivity index (χ1v) is 11.3. The third-order valence-electron chi connectivity index (χ3n) is 5.81. The molecule has 1 aliphatic heterocycles. The fraction of sp³-hybridized carbons (Fsp3) is 0.333. The fourth-order valence-corrected chi connectivity index (χ4v) is 4.38. The van der Waals surface area contributed by atoms with Crippen LogP contribution in [0.25, 0.3) is 5.69 Å². The number of hydrogen-bond acceptors (Lipinski definition) is 3. The summed E-state index contributed by atoms with van der Waals surface area (Å²) in [5.41, 5.74) is 4.11. The lowest BCUT2D eigenvalue weighted by molar-refractivity contribution is -0.120. The van der Waals surface area contributed by atoms with Gasteiger partial charge < -0.3 is 5.32 Å². The van der Waals surface area contributed by atoms with Crippen molar-refractivity contribution in [1.29, 1.82) is 0 Å². The fourth-order valence-electron chi connectivity index (χ4n) is 4.06. The molecule has 0 aliphatic carbocycles. The van der Waals surface area contributed by atoms with Gasteiger partial charge in [-0.3, -0.25) is 9.69 Å². The number of aromatic nitrogens is 2. The summed E-state index contributed by atoms with van der Waals surface area (Å²) in [5, 5.41) is 8.73. The van der Waals surface area contributed by atoms with Gasteiger partial charge in [-0.1, -0.05) is 47.5 Å². The molecule has 1 saturated heterocycles. The van der Waals surface area contributed by atoms with Crippen molar-refractivity contribution in [3.05, 3.63) is 81.6 Å². The zero-order valence-electron chi connectivity index (χ0n) is 17.5. The average molecular weight is 457 g/mol. The third-order valence-corrected chi connectivity index (χ3v) is 6.55. The first-order valence-electron chi connectivity index (χ1n) is 10.5. The van der Waals surface area contributed by atoms with E-state index in [2.05, 4.69) is 15.3 Å². The van der Waals surface area contributed by atoms with E-state index in [4.69, 9.17) is 23.2 Å². The lowest BCUT2D eigenvalue weighted by Crippen LogP contribution is -2.32. The third kappa shape index (κ3) is 5.48.